The fraction of sp³-hybridized carbons (Fsp3) is 0.526. The summed E-state index contributed by atoms with van der Waals surface area (Å²) in [5, 5.41) is 0.436. The number of fused-ring (bicyclic) bond motifs is 2. The van der Waals surface area contributed by atoms with E-state index in [1.807, 2.05) is 23.9 Å². The number of rotatable bonds is 0. The predicted molar refractivity (Wildman–Crippen MR) is 106 cm³/mol. The highest BCUT2D eigenvalue weighted by Gasteiger charge is 2.43. The van der Waals surface area contributed by atoms with E-state index >= 15 is 4.39 Å². The van der Waals surface area contributed by atoms with Crippen LogP contribution in [0.2, 0.25) is 5.02 Å². The Morgan fingerprint density at radius 2 is 1.85 bits per heavy atom. The van der Waals surface area contributed by atoms with Gasteiger partial charge in [-0.2, -0.15) is 0 Å². The molecule has 0 N–H and O–H groups in total. The molecular formula is C19H25ClFN5. The minimum atomic E-state index is -0.259. The van der Waals surface area contributed by atoms with E-state index < -0.39 is 0 Å². The van der Waals surface area contributed by atoms with Gasteiger partial charge in [0.2, 0.25) is 0 Å². The molecule has 2 unspecified atom stereocenters. The highest BCUT2D eigenvalue weighted by Crippen LogP contribution is 2.47. The summed E-state index contributed by atoms with van der Waals surface area (Å²) in [5.74, 6) is 1.17. The molecule has 0 amide bonds. The van der Waals surface area contributed by atoms with E-state index in [-0.39, 0.29) is 17.9 Å². The number of likely N-dealkylation sites (N-methyl/N-ethyl adjacent to an activating group) is 2. The van der Waals surface area contributed by atoms with E-state index in [9.17, 15) is 0 Å². The molecule has 3 aliphatic heterocycles. The maximum absolute atomic E-state index is 15.3. The molecule has 3 aliphatic rings. The SMILES string of the molecule is C=C1N=C2c3c(c(F)c(C)c(Cl)c3N1C)N(C)CC1CN(C)CC(C)N21. The van der Waals surface area contributed by atoms with Gasteiger partial charge < -0.3 is 19.6 Å². The molecule has 4 rings (SSSR count). The highest BCUT2D eigenvalue weighted by atomic mass is 35.5. The van der Waals surface area contributed by atoms with Crippen LogP contribution >= 0.6 is 11.6 Å². The van der Waals surface area contributed by atoms with Crippen LogP contribution in [0.1, 0.15) is 18.1 Å². The molecule has 26 heavy (non-hydrogen) atoms. The molecule has 7 heteroatoms. The molecule has 0 saturated carbocycles. The standard InChI is InChI=1S/C19H25ClFN5/c1-10-7-23(4)8-13-9-24(5)18-14-17(15(20)11(2)16(18)21)25(6)12(3)22-19(14)26(10)13/h10,13H,3,7-9H2,1-2,4-6H3. The second kappa shape index (κ2) is 5.86. The molecule has 1 saturated heterocycles. The van der Waals surface area contributed by atoms with Crippen molar-refractivity contribution in [2.45, 2.75) is 25.9 Å². The number of hydrogen-bond donors (Lipinski definition) is 0. The van der Waals surface area contributed by atoms with Gasteiger partial charge in [-0.3, -0.25) is 0 Å². The Morgan fingerprint density at radius 1 is 1.15 bits per heavy atom. The largest absolute Gasteiger partial charge is 0.369 e. The first-order chi connectivity index (χ1) is 12.2. The van der Waals surface area contributed by atoms with Gasteiger partial charge in [0, 0.05) is 45.3 Å². The van der Waals surface area contributed by atoms with Crippen molar-refractivity contribution in [1.82, 2.24) is 9.80 Å². The van der Waals surface area contributed by atoms with Gasteiger partial charge in [0.25, 0.3) is 0 Å². The van der Waals surface area contributed by atoms with E-state index in [0.717, 1.165) is 36.7 Å². The van der Waals surface area contributed by atoms with Crippen molar-refractivity contribution in [1.29, 1.82) is 0 Å². The predicted octanol–water partition coefficient (Wildman–Crippen LogP) is 2.91. The monoisotopic (exact) mass is 377 g/mol. The number of benzene rings is 1. The molecule has 0 bridgehead atoms. The summed E-state index contributed by atoms with van der Waals surface area (Å²) in [4.78, 5) is 13.4. The minimum Gasteiger partial charge on any atom is -0.369 e. The summed E-state index contributed by atoms with van der Waals surface area (Å²) >= 11 is 6.61. The average molecular weight is 378 g/mol. The molecule has 140 valence electrons. The smallest absolute Gasteiger partial charge is 0.151 e. The summed E-state index contributed by atoms with van der Waals surface area (Å²) in [7, 11) is 5.97. The summed E-state index contributed by atoms with van der Waals surface area (Å²) in [6, 6.07) is 0.492. The molecule has 0 spiro atoms. The first kappa shape index (κ1) is 17.6. The Kier molecular flexibility index (Phi) is 3.97. The minimum absolute atomic E-state index is 0.224. The molecule has 0 aliphatic carbocycles. The lowest BCUT2D eigenvalue weighted by molar-refractivity contribution is 0.108. The summed E-state index contributed by atoms with van der Waals surface area (Å²) in [6.07, 6.45) is 0. The topological polar surface area (TPSA) is 25.3 Å². The molecule has 1 aromatic rings. The number of aliphatic imine (C=N–C) groups is 1. The number of anilines is 2. The van der Waals surface area contributed by atoms with Crippen LogP contribution in [0.5, 0.6) is 0 Å². The Hall–Kier alpha value is -1.79. The third kappa shape index (κ3) is 2.28. The van der Waals surface area contributed by atoms with Crippen LogP contribution in [0.25, 0.3) is 0 Å². The lowest BCUT2D eigenvalue weighted by Crippen LogP contribution is -2.60. The van der Waals surface area contributed by atoms with Gasteiger partial charge in [0.15, 0.2) is 5.82 Å². The third-order valence-corrected chi connectivity index (χ3v) is 6.27. The van der Waals surface area contributed by atoms with Gasteiger partial charge in [0.1, 0.15) is 11.7 Å². The number of hydrogen-bond acceptors (Lipinski definition) is 5. The van der Waals surface area contributed by atoms with E-state index in [1.165, 1.54) is 0 Å². The summed E-state index contributed by atoms with van der Waals surface area (Å²) in [6.45, 7) is 10.6. The van der Waals surface area contributed by atoms with Gasteiger partial charge in [-0.15, -0.1) is 0 Å². The maximum atomic E-state index is 15.3. The van der Waals surface area contributed by atoms with Crippen molar-refractivity contribution in [3.05, 3.63) is 34.4 Å². The molecule has 3 heterocycles. The molecule has 5 nitrogen and oxygen atoms in total. The zero-order valence-corrected chi connectivity index (χ0v) is 16.7. The van der Waals surface area contributed by atoms with Crippen LogP contribution in [0.3, 0.4) is 0 Å². The van der Waals surface area contributed by atoms with Crippen LogP contribution in [-0.4, -0.2) is 68.5 Å². The van der Waals surface area contributed by atoms with E-state index in [0.29, 0.717) is 22.1 Å². The lowest BCUT2D eigenvalue weighted by atomic mass is 10.00. The van der Waals surface area contributed by atoms with E-state index in [1.54, 1.807) is 6.92 Å². The van der Waals surface area contributed by atoms with Crippen molar-refractivity contribution in [3.63, 3.8) is 0 Å². The first-order valence-electron chi connectivity index (χ1n) is 8.93. The summed E-state index contributed by atoms with van der Waals surface area (Å²) in [5.41, 5.74) is 2.64. The number of halogens is 2. The van der Waals surface area contributed by atoms with Crippen molar-refractivity contribution in [2.24, 2.45) is 4.99 Å². The van der Waals surface area contributed by atoms with Crippen LogP contribution in [-0.2, 0) is 0 Å². The molecule has 2 atom stereocenters. The van der Waals surface area contributed by atoms with Crippen LogP contribution in [0.4, 0.5) is 15.8 Å². The normalized spacial score (nSPS) is 25.7. The fourth-order valence-electron chi connectivity index (χ4n) is 4.59. The zero-order valence-electron chi connectivity index (χ0n) is 16.0. The molecule has 0 aromatic heterocycles. The lowest BCUT2D eigenvalue weighted by Gasteiger charge is -2.46. The zero-order chi connectivity index (χ0) is 18.9. The van der Waals surface area contributed by atoms with Gasteiger partial charge in [-0.25, -0.2) is 9.38 Å². The summed E-state index contributed by atoms with van der Waals surface area (Å²) < 4.78 is 15.3. The first-order valence-corrected chi connectivity index (χ1v) is 9.31. The van der Waals surface area contributed by atoms with Crippen LogP contribution < -0.4 is 9.80 Å². The van der Waals surface area contributed by atoms with Gasteiger partial charge in [0.05, 0.1) is 28.0 Å². The molecule has 1 fully saturated rings. The second-order valence-electron chi connectivity index (χ2n) is 7.75. The van der Waals surface area contributed by atoms with Crippen molar-refractivity contribution in [3.8, 4) is 0 Å². The number of amidine groups is 1. The quantitative estimate of drug-likeness (QED) is 0.694. The highest BCUT2D eigenvalue weighted by molar-refractivity contribution is 6.36. The average Bonchev–Trinajstić information content (AvgIpc) is 2.67. The fourth-order valence-corrected chi connectivity index (χ4v) is 4.90. The van der Waals surface area contributed by atoms with Gasteiger partial charge in [-0.1, -0.05) is 18.2 Å². The van der Waals surface area contributed by atoms with Crippen molar-refractivity contribution < 1.29 is 4.39 Å². The van der Waals surface area contributed by atoms with E-state index in [4.69, 9.17) is 16.6 Å². The van der Waals surface area contributed by atoms with Crippen molar-refractivity contribution >= 4 is 28.8 Å². The Balaban J connectivity index is 2.05. The Bertz CT molecular complexity index is 836. The maximum Gasteiger partial charge on any atom is 0.151 e. The molecule has 0 radical (unpaired) electrons. The third-order valence-electron chi connectivity index (χ3n) is 5.81. The Morgan fingerprint density at radius 3 is 2.54 bits per heavy atom. The second-order valence-corrected chi connectivity index (χ2v) is 8.13. The molecule has 1 aromatic carbocycles. The Labute approximate surface area is 159 Å². The van der Waals surface area contributed by atoms with Crippen molar-refractivity contribution in [2.75, 3.05) is 50.6 Å². The van der Waals surface area contributed by atoms with Crippen LogP contribution in [0.15, 0.2) is 17.4 Å². The van der Waals surface area contributed by atoms with Gasteiger partial charge >= 0.3 is 0 Å². The number of nitrogens with zero attached hydrogens (tertiary/aromatic N) is 5. The van der Waals surface area contributed by atoms with Gasteiger partial charge in [-0.05, 0) is 20.9 Å². The van der Waals surface area contributed by atoms with E-state index in [2.05, 4.69) is 30.4 Å². The van der Waals surface area contributed by atoms with Crippen LogP contribution in [0, 0.1) is 12.7 Å². The molecular weight excluding hydrogens is 353 g/mol. The number of piperazine rings is 1.